The van der Waals surface area contributed by atoms with Crippen LogP contribution in [0.1, 0.15) is 25.8 Å². The second-order valence-corrected chi connectivity index (χ2v) is 5.31. The van der Waals surface area contributed by atoms with Crippen molar-refractivity contribution in [3.63, 3.8) is 0 Å². The van der Waals surface area contributed by atoms with Gasteiger partial charge < -0.3 is 10.2 Å². The molecule has 100 valence electrons. The Bertz CT molecular complexity index is 432. The van der Waals surface area contributed by atoms with Crippen molar-refractivity contribution in [1.29, 1.82) is 0 Å². The first-order chi connectivity index (χ1) is 8.47. The van der Waals surface area contributed by atoms with Crippen LogP contribution in [-0.4, -0.2) is 25.2 Å². The van der Waals surface area contributed by atoms with Crippen LogP contribution >= 0.6 is 0 Å². The van der Waals surface area contributed by atoms with Crippen molar-refractivity contribution < 1.29 is 8.78 Å². The first-order valence-corrected chi connectivity index (χ1v) is 6.44. The van der Waals surface area contributed by atoms with Crippen molar-refractivity contribution in [3.05, 3.63) is 29.3 Å². The van der Waals surface area contributed by atoms with Gasteiger partial charge in [-0.15, -0.1) is 0 Å². The van der Waals surface area contributed by atoms with Crippen LogP contribution in [0.15, 0.2) is 12.1 Å². The van der Waals surface area contributed by atoms with Gasteiger partial charge in [-0.05, 0) is 25.0 Å². The van der Waals surface area contributed by atoms with Crippen molar-refractivity contribution in [2.45, 2.75) is 39.3 Å². The molecule has 0 amide bonds. The third-order valence-corrected chi connectivity index (χ3v) is 3.33. The second kappa shape index (κ2) is 5.22. The number of aryl methyl sites for hydroxylation is 1. The standard InChI is InChI=1S/C14H20F2N2/c1-9(2)17-11-4-5-18(8-11)14-7-12(15)10(3)6-13(14)16/h6-7,9,11,17H,4-5,8H2,1-3H3. The lowest BCUT2D eigenvalue weighted by Crippen LogP contribution is -2.37. The van der Waals surface area contributed by atoms with Crippen molar-refractivity contribution in [2.75, 3.05) is 18.0 Å². The summed E-state index contributed by atoms with van der Waals surface area (Å²) in [6.45, 7) is 7.26. The maximum atomic E-state index is 13.8. The maximum absolute atomic E-state index is 13.8. The molecule has 0 aromatic heterocycles. The third-order valence-electron chi connectivity index (χ3n) is 3.33. The minimum Gasteiger partial charge on any atom is -0.367 e. The second-order valence-electron chi connectivity index (χ2n) is 5.31. The number of nitrogens with zero attached hydrogens (tertiary/aromatic N) is 1. The van der Waals surface area contributed by atoms with Crippen LogP contribution in [0.25, 0.3) is 0 Å². The molecule has 1 unspecified atom stereocenters. The first kappa shape index (κ1) is 13.3. The van der Waals surface area contributed by atoms with E-state index in [9.17, 15) is 8.78 Å². The molecule has 1 heterocycles. The van der Waals surface area contributed by atoms with Gasteiger partial charge in [0.15, 0.2) is 0 Å². The molecule has 2 rings (SSSR count). The van der Waals surface area contributed by atoms with Gasteiger partial charge in [-0.25, -0.2) is 8.78 Å². The average Bonchev–Trinajstić information content (AvgIpc) is 2.70. The van der Waals surface area contributed by atoms with Crippen LogP contribution in [0.2, 0.25) is 0 Å². The number of nitrogens with one attached hydrogen (secondary N) is 1. The molecule has 1 aromatic rings. The fraction of sp³-hybridized carbons (Fsp3) is 0.571. The van der Waals surface area contributed by atoms with E-state index in [0.29, 0.717) is 23.3 Å². The summed E-state index contributed by atoms with van der Waals surface area (Å²) >= 11 is 0. The predicted molar refractivity (Wildman–Crippen MR) is 70.0 cm³/mol. The smallest absolute Gasteiger partial charge is 0.146 e. The van der Waals surface area contributed by atoms with Gasteiger partial charge in [0.2, 0.25) is 0 Å². The Balaban J connectivity index is 2.12. The summed E-state index contributed by atoms with van der Waals surface area (Å²) in [6.07, 6.45) is 0.965. The summed E-state index contributed by atoms with van der Waals surface area (Å²) in [7, 11) is 0. The Kier molecular flexibility index (Phi) is 3.85. The van der Waals surface area contributed by atoms with E-state index in [1.54, 1.807) is 6.92 Å². The minimum absolute atomic E-state index is 0.334. The van der Waals surface area contributed by atoms with Crippen LogP contribution in [0, 0.1) is 18.6 Å². The zero-order chi connectivity index (χ0) is 13.3. The number of hydrogen-bond acceptors (Lipinski definition) is 2. The number of halogens is 2. The summed E-state index contributed by atoms with van der Waals surface area (Å²) in [4.78, 5) is 1.91. The fourth-order valence-corrected chi connectivity index (χ4v) is 2.46. The molecule has 0 radical (unpaired) electrons. The van der Waals surface area contributed by atoms with Gasteiger partial charge in [0, 0.05) is 31.2 Å². The molecule has 0 saturated carbocycles. The Labute approximate surface area is 107 Å². The normalized spacial score (nSPS) is 19.9. The molecule has 1 aliphatic heterocycles. The lowest BCUT2D eigenvalue weighted by atomic mass is 10.2. The highest BCUT2D eigenvalue weighted by atomic mass is 19.1. The summed E-state index contributed by atoms with van der Waals surface area (Å²) in [5, 5.41) is 3.43. The Morgan fingerprint density at radius 3 is 2.67 bits per heavy atom. The van der Waals surface area contributed by atoms with Crippen LogP contribution < -0.4 is 10.2 Å². The molecule has 1 saturated heterocycles. The molecular weight excluding hydrogens is 234 g/mol. The van der Waals surface area contributed by atoms with E-state index in [4.69, 9.17) is 0 Å². The SMILES string of the molecule is Cc1cc(F)c(N2CCC(NC(C)C)C2)cc1F. The van der Waals surface area contributed by atoms with Crippen LogP contribution in [0.5, 0.6) is 0 Å². The molecule has 1 fully saturated rings. The number of hydrogen-bond donors (Lipinski definition) is 1. The molecular formula is C14H20F2N2. The molecule has 0 bridgehead atoms. The molecule has 1 N–H and O–H groups in total. The third kappa shape index (κ3) is 2.80. The van der Waals surface area contributed by atoms with Crippen molar-refractivity contribution in [2.24, 2.45) is 0 Å². The summed E-state index contributed by atoms with van der Waals surface area (Å²) < 4.78 is 27.4. The van der Waals surface area contributed by atoms with Gasteiger partial charge in [-0.3, -0.25) is 0 Å². The topological polar surface area (TPSA) is 15.3 Å². The van der Waals surface area contributed by atoms with E-state index < -0.39 is 0 Å². The van der Waals surface area contributed by atoms with Gasteiger partial charge in [0.25, 0.3) is 0 Å². The van der Waals surface area contributed by atoms with Gasteiger partial charge in [-0.1, -0.05) is 13.8 Å². The summed E-state index contributed by atoms with van der Waals surface area (Å²) in [6, 6.07) is 3.35. The van der Waals surface area contributed by atoms with Crippen molar-refractivity contribution in [1.82, 2.24) is 5.32 Å². The van der Waals surface area contributed by atoms with Gasteiger partial charge in [-0.2, -0.15) is 0 Å². The minimum atomic E-state index is -0.341. The zero-order valence-corrected chi connectivity index (χ0v) is 11.1. The van der Waals surface area contributed by atoms with Gasteiger partial charge in [0.1, 0.15) is 11.6 Å². The lowest BCUT2D eigenvalue weighted by molar-refractivity contribution is 0.491. The highest BCUT2D eigenvalue weighted by Crippen LogP contribution is 2.26. The van der Waals surface area contributed by atoms with E-state index in [1.165, 1.54) is 12.1 Å². The van der Waals surface area contributed by atoms with Crippen molar-refractivity contribution >= 4 is 5.69 Å². The van der Waals surface area contributed by atoms with Gasteiger partial charge in [0.05, 0.1) is 5.69 Å². The first-order valence-electron chi connectivity index (χ1n) is 6.44. The number of anilines is 1. The van der Waals surface area contributed by atoms with E-state index in [-0.39, 0.29) is 11.6 Å². The lowest BCUT2D eigenvalue weighted by Gasteiger charge is -2.21. The van der Waals surface area contributed by atoms with E-state index in [1.807, 2.05) is 4.90 Å². The van der Waals surface area contributed by atoms with E-state index >= 15 is 0 Å². The molecule has 1 aromatic carbocycles. The molecule has 0 aliphatic carbocycles. The average molecular weight is 254 g/mol. The largest absolute Gasteiger partial charge is 0.367 e. The van der Waals surface area contributed by atoms with Crippen LogP contribution in [0.4, 0.5) is 14.5 Å². The number of rotatable bonds is 3. The molecule has 1 atom stereocenters. The van der Waals surface area contributed by atoms with Crippen LogP contribution in [-0.2, 0) is 0 Å². The molecule has 18 heavy (non-hydrogen) atoms. The predicted octanol–water partition coefficient (Wildman–Crippen LogP) is 2.85. The van der Waals surface area contributed by atoms with Crippen molar-refractivity contribution in [3.8, 4) is 0 Å². The Morgan fingerprint density at radius 2 is 2.00 bits per heavy atom. The highest BCUT2D eigenvalue weighted by molar-refractivity contribution is 5.50. The monoisotopic (exact) mass is 254 g/mol. The molecule has 2 nitrogen and oxygen atoms in total. The summed E-state index contributed by atoms with van der Waals surface area (Å²) in [5.74, 6) is -0.675. The van der Waals surface area contributed by atoms with Crippen LogP contribution in [0.3, 0.4) is 0 Å². The van der Waals surface area contributed by atoms with E-state index in [2.05, 4.69) is 19.2 Å². The number of benzene rings is 1. The Morgan fingerprint density at radius 1 is 1.28 bits per heavy atom. The maximum Gasteiger partial charge on any atom is 0.146 e. The Hall–Kier alpha value is -1.16. The molecule has 0 spiro atoms. The fourth-order valence-electron chi connectivity index (χ4n) is 2.46. The van der Waals surface area contributed by atoms with E-state index in [0.717, 1.165) is 19.5 Å². The summed E-state index contributed by atoms with van der Waals surface area (Å²) in [5.41, 5.74) is 0.735. The van der Waals surface area contributed by atoms with Gasteiger partial charge >= 0.3 is 0 Å². The zero-order valence-electron chi connectivity index (χ0n) is 11.1. The quantitative estimate of drug-likeness (QED) is 0.892. The molecule has 1 aliphatic rings. The molecule has 4 heteroatoms. The highest BCUT2D eigenvalue weighted by Gasteiger charge is 2.25.